The number of hydrogen-bond acceptors (Lipinski definition) is 5. The SMILES string of the molecule is CC1(C(=O)N(C(=O)C2CCCNC2)C2CC2)CC(c2ccccc2F)=NO1. The monoisotopic (exact) mass is 373 g/mol. The van der Waals surface area contributed by atoms with Crippen LogP contribution in [-0.2, 0) is 14.4 Å². The number of nitrogens with zero attached hydrogens (tertiary/aromatic N) is 2. The van der Waals surface area contributed by atoms with Gasteiger partial charge in [0.05, 0.1) is 11.6 Å². The standard InChI is InChI=1S/C20H24FN3O3/c1-20(11-17(23-27-20)15-6-2-3-7-16(15)21)19(26)24(14-8-9-14)18(25)13-5-4-10-22-12-13/h2-3,6-7,13-14,22H,4-5,8-12H2,1H3. The average molecular weight is 373 g/mol. The van der Waals surface area contributed by atoms with Crippen molar-refractivity contribution in [3.63, 3.8) is 0 Å². The zero-order valence-electron chi connectivity index (χ0n) is 15.4. The van der Waals surface area contributed by atoms with Crippen LogP contribution in [0.5, 0.6) is 0 Å². The minimum atomic E-state index is -1.28. The second-order valence-electron chi connectivity index (χ2n) is 7.80. The number of oxime groups is 1. The van der Waals surface area contributed by atoms with Gasteiger partial charge in [0.1, 0.15) is 5.82 Å². The Bertz CT molecular complexity index is 786. The summed E-state index contributed by atoms with van der Waals surface area (Å²) in [5.74, 6) is -1.07. The number of halogens is 1. The number of carbonyl (C=O) groups is 2. The summed E-state index contributed by atoms with van der Waals surface area (Å²) < 4.78 is 14.1. The van der Waals surface area contributed by atoms with E-state index in [1.165, 1.54) is 11.0 Å². The molecule has 144 valence electrons. The molecule has 2 aliphatic heterocycles. The lowest BCUT2D eigenvalue weighted by Crippen LogP contribution is -2.54. The Hall–Kier alpha value is -2.28. The minimum absolute atomic E-state index is 0.0511. The van der Waals surface area contributed by atoms with Crippen molar-refractivity contribution in [2.24, 2.45) is 11.1 Å². The van der Waals surface area contributed by atoms with Crippen molar-refractivity contribution in [2.75, 3.05) is 13.1 Å². The van der Waals surface area contributed by atoms with Crippen LogP contribution in [0.15, 0.2) is 29.4 Å². The van der Waals surface area contributed by atoms with E-state index in [4.69, 9.17) is 4.84 Å². The van der Waals surface area contributed by atoms with Crippen LogP contribution in [0.2, 0.25) is 0 Å². The van der Waals surface area contributed by atoms with Crippen molar-refractivity contribution in [1.82, 2.24) is 10.2 Å². The molecule has 1 aliphatic carbocycles. The summed E-state index contributed by atoms with van der Waals surface area (Å²) in [6, 6.07) is 6.24. The molecule has 2 unspecified atom stereocenters. The summed E-state index contributed by atoms with van der Waals surface area (Å²) in [7, 11) is 0. The van der Waals surface area contributed by atoms with Crippen molar-refractivity contribution in [3.8, 4) is 0 Å². The van der Waals surface area contributed by atoms with Crippen LogP contribution >= 0.6 is 0 Å². The Morgan fingerprint density at radius 2 is 2.07 bits per heavy atom. The number of amides is 2. The first-order chi connectivity index (χ1) is 13.0. The van der Waals surface area contributed by atoms with Gasteiger partial charge >= 0.3 is 0 Å². The van der Waals surface area contributed by atoms with Crippen molar-refractivity contribution in [1.29, 1.82) is 0 Å². The van der Waals surface area contributed by atoms with Gasteiger partial charge in [0, 0.05) is 24.6 Å². The van der Waals surface area contributed by atoms with Crippen molar-refractivity contribution >= 4 is 17.5 Å². The molecule has 27 heavy (non-hydrogen) atoms. The summed E-state index contributed by atoms with van der Waals surface area (Å²) in [5, 5.41) is 7.21. The molecular formula is C20H24FN3O3. The lowest BCUT2D eigenvalue weighted by Gasteiger charge is -2.32. The van der Waals surface area contributed by atoms with Crippen molar-refractivity contribution in [2.45, 2.75) is 50.7 Å². The Labute approximate surface area is 157 Å². The predicted molar refractivity (Wildman–Crippen MR) is 97.5 cm³/mol. The number of piperidine rings is 1. The molecule has 0 bridgehead atoms. The van der Waals surface area contributed by atoms with Gasteiger partial charge in [0.25, 0.3) is 5.91 Å². The summed E-state index contributed by atoms with van der Waals surface area (Å²) in [5.41, 5.74) is -0.556. The lowest BCUT2D eigenvalue weighted by atomic mass is 9.92. The first kappa shape index (κ1) is 18.1. The highest BCUT2D eigenvalue weighted by Gasteiger charge is 2.51. The molecule has 7 heteroatoms. The van der Waals surface area contributed by atoms with E-state index in [1.807, 2.05) is 0 Å². The summed E-state index contributed by atoms with van der Waals surface area (Å²) >= 11 is 0. The third kappa shape index (κ3) is 3.48. The third-order valence-electron chi connectivity index (χ3n) is 5.51. The van der Waals surface area contributed by atoms with Crippen LogP contribution in [0.4, 0.5) is 4.39 Å². The normalized spacial score (nSPS) is 27.6. The van der Waals surface area contributed by atoms with Gasteiger partial charge in [-0.1, -0.05) is 23.4 Å². The number of imide groups is 1. The Balaban J connectivity index is 1.52. The first-order valence-electron chi connectivity index (χ1n) is 9.58. The zero-order chi connectivity index (χ0) is 19.0. The van der Waals surface area contributed by atoms with Crippen LogP contribution in [0.3, 0.4) is 0 Å². The van der Waals surface area contributed by atoms with Crippen molar-refractivity contribution in [3.05, 3.63) is 35.6 Å². The number of nitrogens with one attached hydrogen (secondary N) is 1. The molecule has 0 spiro atoms. The molecule has 0 radical (unpaired) electrons. The Kier molecular flexibility index (Phi) is 4.72. The molecule has 1 aromatic rings. The third-order valence-corrected chi connectivity index (χ3v) is 5.51. The molecule has 2 heterocycles. The van der Waals surface area contributed by atoms with Crippen LogP contribution in [0.1, 0.15) is 44.6 Å². The number of benzene rings is 1. The van der Waals surface area contributed by atoms with E-state index < -0.39 is 11.4 Å². The van der Waals surface area contributed by atoms with E-state index in [9.17, 15) is 14.0 Å². The van der Waals surface area contributed by atoms with Crippen LogP contribution in [-0.4, -0.2) is 47.2 Å². The molecule has 6 nitrogen and oxygen atoms in total. The maximum atomic E-state index is 14.1. The van der Waals surface area contributed by atoms with Gasteiger partial charge in [-0.15, -0.1) is 0 Å². The minimum Gasteiger partial charge on any atom is -0.379 e. The van der Waals surface area contributed by atoms with Gasteiger partial charge in [-0.25, -0.2) is 4.39 Å². The molecule has 0 aromatic heterocycles. The largest absolute Gasteiger partial charge is 0.379 e. The van der Waals surface area contributed by atoms with E-state index in [0.29, 0.717) is 17.8 Å². The van der Waals surface area contributed by atoms with Gasteiger partial charge in [-0.05, 0) is 45.2 Å². The zero-order valence-corrected chi connectivity index (χ0v) is 15.4. The quantitative estimate of drug-likeness (QED) is 0.822. The van der Waals surface area contributed by atoms with Crippen molar-refractivity contribution < 1.29 is 18.8 Å². The number of carbonyl (C=O) groups excluding carboxylic acids is 2. The molecular weight excluding hydrogens is 349 g/mol. The molecule has 1 saturated heterocycles. The fraction of sp³-hybridized carbons (Fsp3) is 0.550. The molecule has 1 saturated carbocycles. The highest BCUT2D eigenvalue weighted by molar-refractivity contribution is 6.08. The van der Waals surface area contributed by atoms with Crippen LogP contribution < -0.4 is 5.32 Å². The second kappa shape index (κ2) is 7.03. The smallest absolute Gasteiger partial charge is 0.276 e. The lowest BCUT2D eigenvalue weighted by molar-refractivity contribution is -0.162. The van der Waals surface area contributed by atoms with Crippen LogP contribution in [0.25, 0.3) is 0 Å². The molecule has 2 amide bonds. The second-order valence-corrected chi connectivity index (χ2v) is 7.80. The molecule has 2 atom stereocenters. The van der Waals surface area contributed by atoms with Gasteiger partial charge in [-0.3, -0.25) is 14.5 Å². The topological polar surface area (TPSA) is 71.0 Å². The van der Waals surface area contributed by atoms with Gasteiger partial charge < -0.3 is 10.2 Å². The maximum Gasteiger partial charge on any atom is 0.276 e. The fourth-order valence-electron chi connectivity index (χ4n) is 3.79. The van der Waals surface area contributed by atoms with E-state index >= 15 is 0 Å². The summed E-state index contributed by atoms with van der Waals surface area (Å²) in [4.78, 5) is 33.2. The molecule has 1 N–H and O–H groups in total. The van der Waals surface area contributed by atoms with Gasteiger partial charge in [0.15, 0.2) is 0 Å². The summed E-state index contributed by atoms with van der Waals surface area (Å²) in [6.45, 7) is 3.14. The molecule has 3 aliphatic rings. The first-order valence-corrected chi connectivity index (χ1v) is 9.58. The highest BCUT2D eigenvalue weighted by atomic mass is 19.1. The highest BCUT2D eigenvalue weighted by Crippen LogP contribution is 2.36. The van der Waals surface area contributed by atoms with Crippen LogP contribution in [0, 0.1) is 11.7 Å². The van der Waals surface area contributed by atoms with E-state index in [0.717, 1.165) is 32.2 Å². The number of rotatable bonds is 4. The Morgan fingerprint density at radius 1 is 1.30 bits per heavy atom. The van der Waals surface area contributed by atoms with Gasteiger partial charge in [0.2, 0.25) is 11.5 Å². The van der Waals surface area contributed by atoms with E-state index in [-0.39, 0.29) is 30.2 Å². The molecule has 2 fully saturated rings. The predicted octanol–water partition coefficient (Wildman–Crippen LogP) is 2.23. The average Bonchev–Trinajstić information content (AvgIpc) is 3.44. The van der Waals surface area contributed by atoms with Gasteiger partial charge in [-0.2, -0.15) is 0 Å². The maximum absolute atomic E-state index is 14.1. The summed E-state index contributed by atoms with van der Waals surface area (Å²) in [6.07, 6.45) is 3.52. The van der Waals surface area contributed by atoms with E-state index in [2.05, 4.69) is 10.5 Å². The Morgan fingerprint density at radius 3 is 2.74 bits per heavy atom. The molecule has 1 aromatic carbocycles. The number of hydrogen-bond donors (Lipinski definition) is 1. The molecule has 4 rings (SSSR count). The fourth-order valence-corrected chi connectivity index (χ4v) is 3.79. The van der Waals surface area contributed by atoms with E-state index in [1.54, 1.807) is 25.1 Å².